The van der Waals surface area contributed by atoms with Gasteiger partial charge in [-0.3, -0.25) is 9.59 Å². The Hall–Kier alpha value is -2.67. The third-order valence-corrected chi connectivity index (χ3v) is 3.28. The number of imidazole rings is 1. The fourth-order valence-corrected chi connectivity index (χ4v) is 2.07. The summed E-state index contributed by atoms with van der Waals surface area (Å²) in [5.74, 6) is -0.821. The molecule has 7 nitrogen and oxygen atoms in total. The van der Waals surface area contributed by atoms with E-state index >= 15 is 0 Å². The lowest BCUT2D eigenvalue weighted by atomic mass is 10.0. The minimum Gasteiger partial charge on any atom is -0.394 e. The smallest absolute Gasteiger partial charge is 0.271 e. The number of nitrogens with one attached hydrogen (secondary N) is 2. The van der Waals surface area contributed by atoms with Gasteiger partial charge in [0, 0.05) is 11.8 Å². The van der Waals surface area contributed by atoms with Gasteiger partial charge in [-0.1, -0.05) is 12.1 Å². The second-order valence-corrected chi connectivity index (χ2v) is 4.91. The van der Waals surface area contributed by atoms with Crippen molar-refractivity contribution >= 4 is 11.8 Å². The summed E-state index contributed by atoms with van der Waals surface area (Å²) in [6.07, 6.45) is 4.04. The zero-order chi connectivity index (χ0) is 15.9. The third-order valence-electron chi connectivity index (χ3n) is 3.28. The third kappa shape index (κ3) is 4.16. The molecule has 0 saturated carbocycles. The van der Waals surface area contributed by atoms with Crippen LogP contribution in [0.3, 0.4) is 0 Å². The molecule has 0 radical (unpaired) electrons. The molecule has 1 aromatic heterocycles. The first-order valence-corrected chi connectivity index (χ1v) is 6.89. The molecule has 0 aliphatic rings. The molecule has 1 heterocycles. The quantitative estimate of drug-likeness (QED) is 0.585. The molecule has 1 atom stereocenters. The highest BCUT2D eigenvalue weighted by Crippen LogP contribution is 2.09. The molecule has 1 unspecified atom stereocenters. The number of carbonyl (C=O) groups is 2. The number of rotatable bonds is 7. The summed E-state index contributed by atoms with van der Waals surface area (Å²) in [5, 5.41) is 12.1. The molecule has 2 rings (SSSR count). The lowest BCUT2D eigenvalue weighted by Crippen LogP contribution is -2.38. The van der Waals surface area contributed by atoms with Crippen LogP contribution in [0.4, 0.5) is 0 Å². The van der Waals surface area contributed by atoms with Crippen LogP contribution in [0.5, 0.6) is 0 Å². The molecule has 0 aliphatic carbocycles. The van der Waals surface area contributed by atoms with Gasteiger partial charge in [0.1, 0.15) is 5.69 Å². The summed E-state index contributed by atoms with van der Waals surface area (Å²) in [6, 6.07) is 6.60. The number of aromatic amines is 1. The average Bonchev–Trinajstić information content (AvgIpc) is 3.06. The van der Waals surface area contributed by atoms with E-state index in [4.69, 9.17) is 5.73 Å². The summed E-state index contributed by atoms with van der Waals surface area (Å²) in [6.45, 7) is -0.175. The Morgan fingerprint density at radius 2 is 2.23 bits per heavy atom. The Bertz CT molecular complexity index is 640. The molecule has 2 amide bonds. The molecule has 116 valence electrons. The SMILES string of the molecule is NC(=O)c1cccc(CCC(CO)NC(=O)c2c[nH]cn2)c1. The lowest BCUT2D eigenvalue weighted by Gasteiger charge is -2.15. The summed E-state index contributed by atoms with van der Waals surface area (Å²) in [7, 11) is 0. The number of hydrogen-bond acceptors (Lipinski definition) is 4. The maximum Gasteiger partial charge on any atom is 0.271 e. The van der Waals surface area contributed by atoms with Gasteiger partial charge in [-0.05, 0) is 30.5 Å². The van der Waals surface area contributed by atoms with E-state index in [1.54, 1.807) is 18.2 Å². The topological polar surface area (TPSA) is 121 Å². The van der Waals surface area contributed by atoms with E-state index in [2.05, 4.69) is 15.3 Å². The summed E-state index contributed by atoms with van der Waals surface area (Å²) in [5.41, 5.74) is 6.87. The molecular weight excluding hydrogens is 284 g/mol. The number of amides is 2. The van der Waals surface area contributed by atoms with Gasteiger partial charge in [0.15, 0.2) is 0 Å². The van der Waals surface area contributed by atoms with Gasteiger partial charge >= 0.3 is 0 Å². The Kier molecular flexibility index (Phi) is 5.26. The van der Waals surface area contributed by atoms with Gasteiger partial charge in [0.2, 0.25) is 5.91 Å². The van der Waals surface area contributed by atoms with Crippen LogP contribution in [-0.4, -0.2) is 39.5 Å². The van der Waals surface area contributed by atoms with Crippen LogP contribution in [0.25, 0.3) is 0 Å². The molecule has 7 heteroatoms. The van der Waals surface area contributed by atoms with E-state index in [0.717, 1.165) is 5.56 Å². The van der Waals surface area contributed by atoms with Crippen LogP contribution in [0, 0.1) is 0 Å². The Morgan fingerprint density at radius 1 is 1.41 bits per heavy atom. The number of aliphatic hydroxyl groups excluding tert-OH is 1. The number of primary amides is 1. The highest BCUT2D eigenvalue weighted by molar-refractivity contribution is 5.93. The van der Waals surface area contributed by atoms with Crippen LogP contribution in [-0.2, 0) is 6.42 Å². The van der Waals surface area contributed by atoms with Crippen molar-refractivity contribution in [3.05, 3.63) is 53.6 Å². The lowest BCUT2D eigenvalue weighted by molar-refractivity contribution is 0.0908. The molecule has 1 aromatic carbocycles. The fraction of sp³-hybridized carbons (Fsp3) is 0.267. The van der Waals surface area contributed by atoms with Gasteiger partial charge in [-0.25, -0.2) is 4.98 Å². The minimum atomic E-state index is -0.479. The van der Waals surface area contributed by atoms with E-state index in [9.17, 15) is 14.7 Å². The van der Waals surface area contributed by atoms with Crippen LogP contribution in [0.15, 0.2) is 36.8 Å². The number of hydrogen-bond donors (Lipinski definition) is 4. The molecule has 0 spiro atoms. The number of nitrogens with two attached hydrogens (primary N) is 1. The van der Waals surface area contributed by atoms with Crippen molar-refractivity contribution in [1.29, 1.82) is 0 Å². The minimum absolute atomic E-state index is 0.175. The van der Waals surface area contributed by atoms with Crippen LogP contribution >= 0.6 is 0 Å². The van der Waals surface area contributed by atoms with Gasteiger partial charge < -0.3 is 21.1 Å². The highest BCUT2D eigenvalue weighted by Gasteiger charge is 2.14. The number of carbonyl (C=O) groups excluding carboxylic acids is 2. The van der Waals surface area contributed by atoms with Crippen molar-refractivity contribution in [2.75, 3.05) is 6.61 Å². The van der Waals surface area contributed by atoms with Crippen molar-refractivity contribution in [3.8, 4) is 0 Å². The van der Waals surface area contributed by atoms with E-state index in [1.807, 2.05) is 6.07 Å². The largest absolute Gasteiger partial charge is 0.394 e. The van der Waals surface area contributed by atoms with Crippen LogP contribution in [0.1, 0.15) is 32.8 Å². The van der Waals surface area contributed by atoms with Crippen LogP contribution in [0.2, 0.25) is 0 Å². The molecule has 2 aromatic rings. The normalized spacial score (nSPS) is 11.9. The van der Waals surface area contributed by atoms with Crippen LogP contribution < -0.4 is 11.1 Å². The van der Waals surface area contributed by atoms with Crippen molar-refractivity contribution in [1.82, 2.24) is 15.3 Å². The van der Waals surface area contributed by atoms with Crippen molar-refractivity contribution < 1.29 is 14.7 Å². The number of H-pyrrole nitrogens is 1. The standard InChI is InChI=1S/C15H18N4O3/c16-14(21)11-3-1-2-10(6-11)4-5-12(8-20)19-15(22)13-7-17-9-18-13/h1-3,6-7,9,12,20H,4-5,8H2,(H2,16,21)(H,17,18)(H,19,22). The first kappa shape index (κ1) is 15.7. The Labute approximate surface area is 127 Å². The Morgan fingerprint density at radius 3 is 2.86 bits per heavy atom. The van der Waals surface area contributed by atoms with E-state index in [1.165, 1.54) is 12.5 Å². The molecule has 5 N–H and O–H groups in total. The predicted molar refractivity (Wildman–Crippen MR) is 80.2 cm³/mol. The van der Waals surface area contributed by atoms with E-state index < -0.39 is 5.91 Å². The summed E-state index contributed by atoms with van der Waals surface area (Å²) < 4.78 is 0. The monoisotopic (exact) mass is 302 g/mol. The molecule has 0 saturated heterocycles. The fourth-order valence-electron chi connectivity index (χ4n) is 2.07. The Balaban J connectivity index is 1.92. The highest BCUT2D eigenvalue weighted by atomic mass is 16.3. The van der Waals surface area contributed by atoms with Gasteiger partial charge in [0.05, 0.1) is 19.0 Å². The number of aliphatic hydroxyl groups is 1. The number of aromatic nitrogens is 2. The maximum absolute atomic E-state index is 11.9. The number of nitrogens with zero attached hydrogens (tertiary/aromatic N) is 1. The molecule has 0 fully saturated rings. The second-order valence-electron chi connectivity index (χ2n) is 4.91. The summed E-state index contributed by atoms with van der Waals surface area (Å²) in [4.78, 5) is 29.6. The second kappa shape index (κ2) is 7.37. The van der Waals surface area contributed by atoms with E-state index in [0.29, 0.717) is 18.4 Å². The van der Waals surface area contributed by atoms with Crippen molar-refractivity contribution in [3.63, 3.8) is 0 Å². The van der Waals surface area contributed by atoms with Crippen molar-refractivity contribution in [2.24, 2.45) is 5.73 Å². The zero-order valence-electron chi connectivity index (χ0n) is 12.0. The van der Waals surface area contributed by atoms with Gasteiger partial charge in [-0.15, -0.1) is 0 Å². The predicted octanol–water partition coefficient (Wildman–Crippen LogP) is 0.232. The van der Waals surface area contributed by atoms with Gasteiger partial charge in [-0.2, -0.15) is 0 Å². The molecular formula is C15H18N4O3. The molecule has 0 aliphatic heterocycles. The molecule has 22 heavy (non-hydrogen) atoms. The first-order valence-electron chi connectivity index (χ1n) is 6.89. The maximum atomic E-state index is 11.9. The van der Waals surface area contributed by atoms with E-state index in [-0.39, 0.29) is 24.2 Å². The zero-order valence-corrected chi connectivity index (χ0v) is 12.0. The average molecular weight is 302 g/mol. The van der Waals surface area contributed by atoms with Gasteiger partial charge in [0.25, 0.3) is 5.91 Å². The number of benzene rings is 1. The summed E-state index contributed by atoms with van der Waals surface area (Å²) >= 11 is 0. The van der Waals surface area contributed by atoms with Crippen molar-refractivity contribution in [2.45, 2.75) is 18.9 Å². The molecule has 0 bridgehead atoms. The first-order chi connectivity index (χ1) is 10.6. The number of aryl methyl sites for hydroxylation is 1.